The van der Waals surface area contributed by atoms with E-state index in [1.807, 2.05) is 42.5 Å². The molecule has 0 fully saturated rings. The molecule has 0 spiro atoms. The fourth-order valence-electron chi connectivity index (χ4n) is 3.61. The number of amides is 1. The second kappa shape index (κ2) is 11.2. The molecule has 8 heteroatoms. The van der Waals surface area contributed by atoms with Crippen molar-refractivity contribution in [2.45, 2.75) is 18.2 Å². The van der Waals surface area contributed by atoms with Gasteiger partial charge in [-0.05, 0) is 48.0 Å². The highest BCUT2D eigenvalue weighted by Crippen LogP contribution is 2.39. The average molecular weight is 540 g/mol. The molecule has 184 valence electrons. The Labute approximate surface area is 220 Å². The van der Waals surface area contributed by atoms with Gasteiger partial charge in [0, 0.05) is 16.8 Å². The summed E-state index contributed by atoms with van der Waals surface area (Å²) >= 11 is 12.8. The smallest absolute Gasteiger partial charge is 0.228 e. The first-order valence-electron chi connectivity index (χ1n) is 11.2. The van der Waals surface area contributed by atoms with E-state index < -0.39 is 9.84 Å². The molecule has 36 heavy (non-hydrogen) atoms. The molecular weight excluding hydrogens is 517 g/mol. The molecule has 0 unspecified atom stereocenters. The largest absolute Gasteiger partial charge is 0.455 e. The van der Waals surface area contributed by atoms with Crippen molar-refractivity contribution in [2.24, 2.45) is 0 Å². The van der Waals surface area contributed by atoms with Crippen LogP contribution < -0.4 is 10.1 Å². The maximum absolute atomic E-state index is 12.6. The van der Waals surface area contributed by atoms with Gasteiger partial charge in [-0.1, -0.05) is 78.7 Å². The number of para-hydroxylation sites is 2. The second-order valence-corrected chi connectivity index (χ2v) is 11.1. The van der Waals surface area contributed by atoms with E-state index in [-0.39, 0.29) is 23.0 Å². The molecule has 0 saturated heterocycles. The van der Waals surface area contributed by atoms with Crippen LogP contribution in [-0.2, 0) is 21.1 Å². The minimum Gasteiger partial charge on any atom is -0.455 e. The number of halogens is 2. The van der Waals surface area contributed by atoms with Gasteiger partial charge in [-0.2, -0.15) is 0 Å². The number of rotatable bonds is 8. The summed E-state index contributed by atoms with van der Waals surface area (Å²) in [6.07, 6.45) is 0.0976. The Morgan fingerprint density at radius 1 is 0.806 bits per heavy atom. The summed E-state index contributed by atoms with van der Waals surface area (Å²) in [5, 5.41) is 3.78. The van der Waals surface area contributed by atoms with Crippen LogP contribution >= 0.6 is 23.2 Å². The highest BCUT2D eigenvalue weighted by atomic mass is 35.5. The molecule has 0 aliphatic heterocycles. The average Bonchev–Trinajstić information content (AvgIpc) is 2.86. The van der Waals surface area contributed by atoms with Crippen molar-refractivity contribution in [3.8, 4) is 22.6 Å². The van der Waals surface area contributed by atoms with Gasteiger partial charge < -0.3 is 10.1 Å². The number of sulfone groups is 1. The van der Waals surface area contributed by atoms with E-state index in [9.17, 15) is 13.2 Å². The molecule has 0 aliphatic rings. The van der Waals surface area contributed by atoms with Gasteiger partial charge in [-0.3, -0.25) is 4.79 Å². The van der Waals surface area contributed by atoms with Crippen LogP contribution in [-0.4, -0.2) is 20.1 Å². The first-order valence-corrected chi connectivity index (χ1v) is 13.6. The Hall–Kier alpha value is -3.32. The van der Waals surface area contributed by atoms with Crippen molar-refractivity contribution in [2.75, 3.05) is 11.1 Å². The van der Waals surface area contributed by atoms with Gasteiger partial charge in [0.05, 0.1) is 27.1 Å². The minimum atomic E-state index is -3.28. The summed E-state index contributed by atoms with van der Waals surface area (Å²) in [5.41, 5.74) is 2.77. The predicted molar refractivity (Wildman–Crippen MR) is 145 cm³/mol. The zero-order valence-corrected chi connectivity index (χ0v) is 21.7. The van der Waals surface area contributed by atoms with Crippen molar-refractivity contribution in [1.82, 2.24) is 0 Å². The molecule has 0 aliphatic carbocycles. The van der Waals surface area contributed by atoms with Crippen LogP contribution in [0.15, 0.2) is 95.9 Å². The topological polar surface area (TPSA) is 72.5 Å². The molecule has 0 radical (unpaired) electrons. The molecule has 4 rings (SSSR count). The molecule has 0 heterocycles. The van der Waals surface area contributed by atoms with Crippen LogP contribution in [0.4, 0.5) is 5.69 Å². The molecule has 4 aromatic rings. The lowest BCUT2D eigenvalue weighted by molar-refractivity contribution is -0.115. The Balaban J connectivity index is 1.48. The lowest BCUT2D eigenvalue weighted by atomic mass is 10.0. The van der Waals surface area contributed by atoms with Gasteiger partial charge in [0.1, 0.15) is 11.5 Å². The molecular formula is C28H23Cl2NO4S. The fraction of sp³-hybridized carbons (Fsp3) is 0.107. The number of ether oxygens (including phenoxy) is 1. The van der Waals surface area contributed by atoms with Crippen molar-refractivity contribution >= 4 is 44.6 Å². The van der Waals surface area contributed by atoms with Crippen LogP contribution in [0, 0.1) is 0 Å². The van der Waals surface area contributed by atoms with Gasteiger partial charge in [0.15, 0.2) is 9.84 Å². The second-order valence-electron chi connectivity index (χ2n) is 8.00. The number of carbonyl (C=O) groups excluding carboxylic acids is 1. The number of benzene rings is 4. The van der Waals surface area contributed by atoms with Gasteiger partial charge in [-0.25, -0.2) is 8.42 Å². The summed E-state index contributed by atoms with van der Waals surface area (Å²) in [6, 6.07) is 26.3. The summed E-state index contributed by atoms with van der Waals surface area (Å²) in [6.45, 7) is 1.59. The molecule has 0 atom stereocenters. The number of nitrogens with one attached hydrogen (secondary N) is 1. The Morgan fingerprint density at radius 3 is 2.14 bits per heavy atom. The Morgan fingerprint density at radius 2 is 1.47 bits per heavy atom. The third kappa shape index (κ3) is 6.08. The third-order valence-corrected chi connectivity index (χ3v) is 7.89. The highest BCUT2D eigenvalue weighted by Gasteiger charge is 2.14. The standard InChI is InChI=1S/C28H23Cl2NO4S/c1-2-36(33,34)21-14-11-19(12-15-21)17-28(32)31-20-13-16-22(25(30)18-20)23-7-3-5-9-26(23)35-27-10-6-4-8-24(27)29/h3-16,18H,2,17H2,1H3,(H,31,32). The molecule has 0 aromatic heterocycles. The summed E-state index contributed by atoms with van der Waals surface area (Å²) < 4.78 is 30.0. The lowest BCUT2D eigenvalue weighted by Gasteiger charge is -2.14. The molecule has 0 saturated carbocycles. The highest BCUT2D eigenvalue weighted by molar-refractivity contribution is 7.91. The van der Waals surface area contributed by atoms with E-state index in [0.717, 1.165) is 11.1 Å². The minimum absolute atomic E-state index is 0.0280. The van der Waals surface area contributed by atoms with Crippen molar-refractivity contribution in [3.05, 3.63) is 107 Å². The lowest BCUT2D eigenvalue weighted by Crippen LogP contribution is -2.14. The van der Waals surface area contributed by atoms with Crippen LogP contribution in [0.2, 0.25) is 10.0 Å². The zero-order chi connectivity index (χ0) is 25.7. The van der Waals surface area contributed by atoms with E-state index in [2.05, 4.69) is 5.32 Å². The van der Waals surface area contributed by atoms with Gasteiger partial charge in [-0.15, -0.1) is 0 Å². The van der Waals surface area contributed by atoms with E-state index >= 15 is 0 Å². The molecule has 5 nitrogen and oxygen atoms in total. The van der Waals surface area contributed by atoms with Crippen LogP contribution in [0.1, 0.15) is 12.5 Å². The number of hydrogen-bond acceptors (Lipinski definition) is 4. The molecule has 1 amide bonds. The maximum atomic E-state index is 12.6. The van der Waals surface area contributed by atoms with Gasteiger partial charge in [0.25, 0.3) is 0 Å². The summed E-state index contributed by atoms with van der Waals surface area (Å²) in [7, 11) is -3.28. The first kappa shape index (κ1) is 25.8. The molecule has 4 aromatic carbocycles. The monoisotopic (exact) mass is 539 g/mol. The van der Waals surface area contributed by atoms with Crippen LogP contribution in [0.25, 0.3) is 11.1 Å². The first-order chi connectivity index (χ1) is 17.3. The predicted octanol–water partition coefficient (Wildman–Crippen LogP) is 7.43. The van der Waals surface area contributed by atoms with E-state index in [1.165, 1.54) is 12.1 Å². The van der Waals surface area contributed by atoms with E-state index in [4.69, 9.17) is 27.9 Å². The number of carbonyl (C=O) groups is 1. The van der Waals surface area contributed by atoms with Crippen molar-refractivity contribution in [3.63, 3.8) is 0 Å². The van der Waals surface area contributed by atoms with Crippen LogP contribution in [0.3, 0.4) is 0 Å². The van der Waals surface area contributed by atoms with Crippen molar-refractivity contribution < 1.29 is 17.9 Å². The van der Waals surface area contributed by atoms with E-state index in [1.54, 1.807) is 43.3 Å². The SMILES string of the molecule is CCS(=O)(=O)c1ccc(CC(=O)Nc2ccc(-c3ccccc3Oc3ccccc3Cl)c(Cl)c2)cc1. The Kier molecular flexibility index (Phi) is 7.99. The van der Waals surface area contributed by atoms with Gasteiger partial charge >= 0.3 is 0 Å². The number of hydrogen-bond donors (Lipinski definition) is 1. The molecule has 0 bridgehead atoms. The van der Waals surface area contributed by atoms with Crippen LogP contribution in [0.5, 0.6) is 11.5 Å². The fourth-order valence-corrected chi connectivity index (χ4v) is 4.95. The number of anilines is 1. The van der Waals surface area contributed by atoms with E-state index in [0.29, 0.717) is 32.8 Å². The summed E-state index contributed by atoms with van der Waals surface area (Å²) in [4.78, 5) is 12.8. The van der Waals surface area contributed by atoms with Crippen molar-refractivity contribution in [1.29, 1.82) is 0 Å². The maximum Gasteiger partial charge on any atom is 0.228 e. The summed E-state index contributed by atoms with van der Waals surface area (Å²) in [5.74, 6) is 0.914. The normalized spacial score (nSPS) is 11.2. The third-order valence-electron chi connectivity index (χ3n) is 5.51. The van der Waals surface area contributed by atoms with Gasteiger partial charge in [0.2, 0.25) is 5.91 Å². The zero-order valence-electron chi connectivity index (χ0n) is 19.4. The Bertz CT molecular complexity index is 1500. The quantitative estimate of drug-likeness (QED) is 0.252. The molecule has 1 N–H and O–H groups in total.